The van der Waals surface area contributed by atoms with Crippen molar-refractivity contribution in [1.82, 2.24) is 15.2 Å². The predicted octanol–water partition coefficient (Wildman–Crippen LogP) is 5.63. The fourth-order valence-electron chi connectivity index (χ4n) is 6.44. The molecule has 3 fully saturated rings. The third-order valence-electron chi connectivity index (χ3n) is 9.24. The van der Waals surface area contributed by atoms with Gasteiger partial charge in [0.15, 0.2) is 0 Å². The summed E-state index contributed by atoms with van der Waals surface area (Å²) in [7, 11) is 0. The zero-order valence-corrected chi connectivity index (χ0v) is 27.3. The van der Waals surface area contributed by atoms with Crippen molar-refractivity contribution < 1.29 is 31.9 Å². The zero-order valence-electron chi connectivity index (χ0n) is 26.5. The third kappa shape index (κ3) is 7.98. The van der Waals surface area contributed by atoms with E-state index < -0.39 is 60.3 Å². The largest absolute Gasteiger partial charge is 0.377 e. The maximum Gasteiger partial charge on any atom is 0.252 e. The molecule has 0 unspecified atom stereocenters. The Bertz CT molecular complexity index is 1710. The molecule has 3 aromatic rings. The van der Waals surface area contributed by atoms with Crippen LogP contribution in [0.15, 0.2) is 60.8 Å². The van der Waals surface area contributed by atoms with Crippen LogP contribution >= 0.6 is 11.6 Å². The summed E-state index contributed by atoms with van der Waals surface area (Å²) in [6.45, 7) is 1.84. The molecule has 1 saturated heterocycles. The minimum atomic E-state index is -2.95. The molecule has 2 aliphatic carbocycles. The number of benzene rings is 2. The Balaban J connectivity index is 1.42. The number of halogens is 5. The first kappa shape index (κ1) is 34.6. The van der Waals surface area contributed by atoms with E-state index in [2.05, 4.69) is 16.4 Å². The summed E-state index contributed by atoms with van der Waals surface area (Å²) >= 11 is 6.60. The Kier molecular flexibility index (Phi) is 10.4. The van der Waals surface area contributed by atoms with E-state index >= 15 is 4.79 Å². The number of ether oxygens (including phenoxy) is 1. The Morgan fingerprint density at radius 1 is 1.10 bits per heavy atom. The highest BCUT2D eigenvalue weighted by atomic mass is 35.5. The Morgan fingerprint density at radius 2 is 1.84 bits per heavy atom. The van der Waals surface area contributed by atoms with Gasteiger partial charge in [-0.3, -0.25) is 19.4 Å². The van der Waals surface area contributed by atoms with Gasteiger partial charge in [-0.25, -0.2) is 22.5 Å². The molecule has 2 atom stereocenters. The normalized spacial score (nSPS) is 20.1. The first-order valence-corrected chi connectivity index (χ1v) is 16.6. The summed E-state index contributed by atoms with van der Waals surface area (Å²) in [4.78, 5) is 38.4. The van der Waals surface area contributed by atoms with Gasteiger partial charge in [0.1, 0.15) is 29.5 Å². The highest BCUT2D eigenvalue weighted by Crippen LogP contribution is 2.39. The standard InChI is InChI=1S/C35H35ClF4N6O3/c36-29-7-2-1-6-28(29)32(33(47)43-25-18-35(39,40)19-25)46(26-16-23(37)15-24(38)17-26)34(48)30-21-44(12-13-49-27-4-3-5-27)10-11-45(30)31-14-22(20-41)8-9-42-31/h1-2,6-9,14-17,25,27,30,32H,3-5,10-13,18-19,21H2,(H,43,47)/t30-,32-/m0/s1. The number of carbonyl (C=O) groups excluding carboxylic acids is 2. The predicted molar refractivity (Wildman–Crippen MR) is 174 cm³/mol. The van der Waals surface area contributed by atoms with E-state index in [1.807, 2.05) is 4.90 Å². The van der Waals surface area contributed by atoms with Crippen LogP contribution in [0.5, 0.6) is 0 Å². The monoisotopic (exact) mass is 698 g/mol. The minimum Gasteiger partial charge on any atom is -0.377 e. The van der Waals surface area contributed by atoms with Crippen molar-refractivity contribution in [3.8, 4) is 6.07 Å². The second kappa shape index (κ2) is 14.7. The molecule has 49 heavy (non-hydrogen) atoms. The van der Waals surface area contributed by atoms with Gasteiger partial charge in [-0.2, -0.15) is 5.26 Å². The van der Waals surface area contributed by atoms with Gasteiger partial charge >= 0.3 is 0 Å². The van der Waals surface area contributed by atoms with Crippen molar-refractivity contribution in [3.63, 3.8) is 0 Å². The average Bonchev–Trinajstić information content (AvgIpc) is 3.03. The Hall–Kier alpha value is -4.25. The number of nitrogens with zero attached hydrogens (tertiary/aromatic N) is 5. The number of hydrogen-bond acceptors (Lipinski definition) is 7. The number of hydrogen-bond donors (Lipinski definition) is 1. The maximum absolute atomic E-state index is 15.1. The van der Waals surface area contributed by atoms with Crippen LogP contribution in [0.3, 0.4) is 0 Å². The summed E-state index contributed by atoms with van der Waals surface area (Å²) in [6, 6.07) is 10.3. The molecule has 0 spiro atoms. The lowest BCUT2D eigenvalue weighted by Crippen LogP contribution is -2.62. The van der Waals surface area contributed by atoms with Crippen molar-refractivity contribution in [2.75, 3.05) is 42.6 Å². The lowest BCUT2D eigenvalue weighted by molar-refractivity contribution is -0.133. The van der Waals surface area contributed by atoms with Gasteiger partial charge in [-0.1, -0.05) is 29.8 Å². The fourth-order valence-corrected chi connectivity index (χ4v) is 6.68. The lowest BCUT2D eigenvalue weighted by atomic mass is 9.87. The van der Waals surface area contributed by atoms with Crippen molar-refractivity contribution >= 4 is 34.9 Å². The molecule has 0 bridgehead atoms. The molecular formula is C35H35ClF4N6O3. The summed E-state index contributed by atoms with van der Waals surface area (Å²) in [5.41, 5.74) is 0.163. The maximum atomic E-state index is 15.1. The number of pyridine rings is 1. The van der Waals surface area contributed by atoms with Crippen LogP contribution < -0.4 is 15.1 Å². The smallest absolute Gasteiger partial charge is 0.252 e. The topological polar surface area (TPSA) is 102 Å². The number of nitrogens with one attached hydrogen (secondary N) is 1. The number of anilines is 2. The van der Waals surface area contributed by atoms with Gasteiger partial charge in [-0.05, 0) is 49.6 Å². The molecule has 9 nitrogen and oxygen atoms in total. The van der Waals surface area contributed by atoms with E-state index in [9.17, 15) is 27.6 Å². The van der Waals surface area contributed by atoms with Crippen LogP contribution in [0.2, 0.25) is 5.02 Å². The first-order valence-electron chi connectivity index (χ1n) is 16.2. The van der Waals surface area contributed by atoms with E-state index in [0.29, 0.717) is 37.1 Å². The Labute approximate surface area is 286 Å². The molecule has 1 aromatic heterocycles. The van der Waals surface area contributed by atoms with E-state index in [0.717, 1.165) is 36.3 Å². The van der Waals surface area contributed by atoms with Gasteiger partial charge in [-0.15, -0.1) is 0 Å². The van der Waals surface area contributed by atoms with Gasteiger partial charge in [0.25, 0.3) is 11.8 Å². The second-order valence-corrected chi connectivity index (χ2v) is 13.1. The number of rotatable bonds is 11. The van der Waals surface area contributed by atoms with Crippen LogP contribution in [0.1, 0.15) is 49.3 Å². The van der Waals surface area contributed by atoms with E-state index in [4.69, 9.17) is 16.3 Å². The second-order valence-electron chi connectivity index (χ2n) is 12.7. The number of aromatic nitrogens is 1. The molecule has 258 valence electrons. The number of amides is 2. The summed E-state index contributed by atoms with van der Waals surface area (Å²) < 4.78 is 63.3. The van der Waals surface area contributed by atoms with Crippen molar-refractivity contribution in [2.24, 2.45) is 0 Å². The van der Waals surface area contributed by atoms with Gasteiger partial charge < -0.3 is 15.0 Å². The molecule has 2 heterocycles. The van der Waals surface area contributed by atoms with Crippen molar-refractivity contribution in [1.29, 1.82) is 5.26 Å². The van der Waals surface area contributed by atoms with Crippen LogP contribution in [0.4, 0.5) is 29.1 Å². The SMILES string of the molecule is N#Cc1ccnc(N2CCN(CCOC3CCC3)C[C@H]2C(=O)N(c2cc(F)cc(F)c2)[C@H](C(=O)NC2CC(F)(F)C2)c2ccccc2Cl)c1. The number of nitriles is 1. The van der Waals surface area contributed by atoms with E-state index in [1.54, 1.807) is 17.0 Å². The summed E-state index contributed by atoms with van der Waals surface area (Å²) in [5, 5.41) is 12.3. The third-order valence-corrected chi connectivity index (χ3v) is 9.58. The van der Waals surface area contributed by atoms with Crippen LogP contribution in [0.25, 0.3) is 0 Å². The minimum absolute atomic E-state index is 0.0786. The number of alkyl halides is 2. The molecule has 0 radical (unpaired) electrons. The van der Waals surface area contributed by atoms with Gasteiger partial charge in [0, 0.05) is 67.9 Å². The molecule has 2 aromatic carbocycles. The van der Waals surface area contributed by atoms with E-state index in [1.165, 1.54) is 30.5 Å². The molecule has 1 aliphatic heterocycles. The lowest BCUT2D eigenvalue weighted by Gasteiger charge is -2.44. The highest BCUT2D eigenvalue weighted by Gasteiger charge is 2.48. The molecule has 3 aliphatic rings. The zero-order chi connectivity index (χ0) is 34.7. The average molecular weight is 699 g/mol. The fraction of sp³-hybridized carbons (Fsp3) is 0.429. The van der Waals surface area contributed by atoms with Crippen molar-refractivity contribution in [3.05, 3.63) is 88.6 Å². The summed E-state index contributed by atoms with van der Waals surface area (Å²) in [5.74, 6) is -6.18. The van der Waals surface area contributed by atoms with Crippen LogP contribution in [-0.2, 0) is 14.3 Å². The van der Waals surface area contributed by atoms with Crippen LogP contribution in [-0.4, -0.2) is 78.6 Å². The highest BCUT2D eigenvalue weighted by molar-refractivity contribution is 6.31. The molecular weight excluding hydrogens is 664 g/mol. The molecule has 2 saturated carbocycles. The Morgan fingerprint density at radius 3 is 2.49 bits per heavy atom. The molecule has 6 rings (SSSR count). The first-order chi connectivity index (χ1) is 23.5. The molecule has 1 N–H and O–H groups in total. The van der Waals surface area contributed by atoms with Gasteiger partial charge in [0.05, 0.1) is 30.0 Å². The van der Waals surface area contributed by atoms with Crippen molar-refractivity contribution in [2.45, 2.75) is 62.3 Å². The molecule has 2 amide bonds. The van der Waals surface area contributed by atoms with E-state index in [-0.39, 0.29) is 35.5 Å². The quantitative estimate of drug-likeness (QED) is 0.259. The number of carbonyl (C=O) groups is 2. The van der Waals surface area contributed by atoms with Gasteiger partial charge in [0.2, 0.25) is 5.91 Å². The number of piperazine rings is 1. The summed E-state index contributed by atoms with van der Waals surface area (Å²) in [6.07, 6.45) is 3.59. The van der Waals surface area contributed by atoms with Crippen LogP contribution in [0, 0.1) is 23.0 Å². The molecule has 14 heteroatoms.